The molecular weight excluding hydrogens is 412 g/mol. The first kappa shape index (κ1) is 25.3. The first-order valence-electron chi connectivity index (χ1n) is 10.8. The van der Waals surface area contributed by atoms with Gasteiger partial charge >= 0.3 is 0 Å². The van der Waals surface area contributed by atoms with Gasteiger partial charge in [-0.05, 0) is 37.3 Å². The maximum absolute atomic E-state index is 13.4. The zero-order valence-electron chi connectivity index (χ0n) is 19.2. The molecule has 1 aliphatic rings. The Hall–Kier alpha value is -2.94. The molecule has 0 aliphatic carbocycles. The lowest BCUT2D eigenvalue weighted by molar-refractivity contribution is -0.151. The van der Waals surface area contributed by atoms with E-state index in [0.29, 0.717) is 31.5 Å². The summed E-state index contributed by atoms with van der Waals surface area (Å²) in [5.74, 6) is -3.88. The molecule has 176 valence electrons. The number of benzene rings is 1. The average molecular weight is 447 g/mol. The molecule has 1 aromatic carbocycles. The second-order valence-corrected chi connectivity index (χ2v) is 9.54. The van der Waals surface area contributed by atoms with Crippen LogP contribution in [0.15, 0.2) is 24.3 Å². The number of piperidine rings is 1. The third-order valence-electron chi connectivity index (χ3n) is 5.93. The van der Waals surface area contributed by atoms with Crippen molar-refractivity contribution in [1.29, 1.82) is 0 Å². The molecule has 2 atom stereocenters. The van der Waals surface area contributed by atoms with Crippen molar-refractivity contribution in [3.63, 3.8) is 0 Å². The highest BCUT2D eigenvalue weighted by atomic mass is 16.5. The first-order chi connectivity index (χ1) is 14.9. The molecule has 0 bridgehead atoms. The van der Waals surface area contributed by atoms with E-state index in [0.717, 1.165) is 5.56 Å². The summed E-state index contributed by atoms with van der Waals surface area (Å²) < 4.78 is 0. The predicted molar refractivity (Wildman–Crippen MR) is 118 cm³/mol. The van der Waals surface area contributed by atoms with Crippen LogP contribution in [0.25, 0.3) is 0 Å². The highest BCUT2D eigenvalue weighted by molar-refractivity contribution is 5.94. The molecule has 1 unspecified atom stereocenters. The number of hydroxylamine groups is 1. The van der Waals surface area contributed by atoms with Crippen LogP contribution in [0.3, 0.4) is 0 Å². The summed E-state index contributed by atoms with van der Waals surface area (Å²) in [5.41, 5.74) is 7.88. The minimum Gasteiger partial charge on any atom is -0.370 e. The smallest absolute Gasteiger partial charge is 0.251 e. The number of hydrogen-bond donors (Lipinski definition) is 4. The van der Waals surface area contributed by atoms with E-state index in [1.165, 1.54) is 0 Å². The molecule has 1 heterocycles. The third kappa shape index (κ3) is 6.53. The maximum atomic E-state index is 13.4. The molecule has 0 aromatic heterocycles. The van der Waals surface area contributed by atoms with Crippen molar-refractivity contribution in [2.24, 2.45) is 23.0 Å². The lowest BCUT2D eigenvalue weighted by Gasteiger charge is -2.40. The second kappa shape index (κ2) is 10.6. The quantitative estimate of drug-likeness (QED) is 0.370. The van der Waals surface area contributed by atoms with Crippen molar-refractivity contribution >= 4 is 23.6 Å². The van der Waals surface area contributed by atoms with Crippen molar-refractivity contribution in [1.82, 2.24) is 15.7 Å². The lowest BCUT2D eigenvalue weighted by atomic mass is 9.70. The Labute approximate surface area is 188 Å². The molecule has 4 amide bonds. The van der Waals surface area contributed by atoms with E-state index >= 15 is 0 Å². The number of rotatable bonds is 7. The fourth-order valence-electron chi connectivity index (χ4n) is 4.22. The summed E-state index contributed by atoms with van der Waals surface area (Å²) in [6, 6.07) is 7.26. The first-order valence-corrected chi connectivity index (χ1v) is 10.8. The predicted octanol–water partition coefficient (Wildman–Crippen LogP) is 1.38. The number of nitrogens with zero attached hydrogens (tertiary/aromatic N) is 1. The van der Waals surface area contributed by atoms with E-state index in [1.807, 2.05) is 39.8 Å². The van der Waals surface area contributed by atoms with E-state index < -0.39 is 29.1 Å². The maximum Gasteiger partial charge on any atom is 0.251 e. The minimum absolute atomic E-state index is 0.0666. The Morgan fingerprint density at radius 3 is 2.16 bits per heavy atom. The molecular formula is C23H34N4O5. The largest absolute Gasteiger partial charge is 0.370 e. The topological polar surface area (TPSA) is 142 Å². The second-order valence-electron chi connectivity index (χ2n) is 9.54. The fourth-order valence-corrected chi connectivity index (χ4v) is 4.22. The number of primary amides is 1. The van der Waals surface area contributed by atoms with E-state index in [-0.39, 0.29) is 24.3 Å². The third-order valence-corrected chi connectivity index (χ3v) is 5.93. The number of nitrogens with two attached hydrogens (primary N) is 1. The van der Waals surface area contributed by atoms with Gasteiger partial charge in [0.05, 0.1) is 11.8 Å². The summed E-state index contributed by atoms with van der Waals surface area (Å²) in [5, 5.41) is 12.2. The van der Waals surface area contributed by atoms with Crippen LogP contribution in [0.5, 0.6) is 0 Å². The van der Waals surface area contributed by atoms with Crippen LogP contribution in [-0.2, 0) is 14.4 Å². The lowest BCUT2D eigenvalue weighted by Crippen LogP contribution is -2.53. The van der Waals surface area contributed by atoms with Crippen molar-refractivity contribution in [3.8, 4) is 0 Å². The Morgan fingerprint density at radius 1 is 1.12 bits per heavy atom. The van der Waals surface area contributed by atoms with Crippen LogP contribution >= 0.6 is 0 Å². The molecule has 1 aliphatic heterocycles. The van der Waals surface area contributed by atoms with Gasteiger partial charge in [-0.25, -0.2) is 5.48 Å². The highest BCUT2D eigenvalue weighted by Crippen LogP contribution is 2.36. The molecule has 0 spiro atoms. The molecule has 0 saturated carbocycles. The van der Waals surface area contributed by atoms with Crippen molar-refractivity contribution in [2.75, 3.05) is 13.1 Å². The molecule has 2 rings (SSSR count). The number of aryl methyl sites for hydroxylation is 1. The van der Waals surface area contributed by atoms with Gasteiger partial charge < -0.3 is 16.0 Å². The monoisotopic (exact) mass is 446 g/mol. The van der Waals surface area contributed by atoms with Crippen LogP contribution in [0, 0.1) is 24.2 Å². The van der Waals surface area contributed by atoms with Crippen LogP contribution in [-0.4, -0.2) is 52.9 Å². The molecule has 32 heavy (non-hydrogen) atoms. The highest BCUT2D eigenvalue weighted by Gasteiger charge is 2.44. The Balaban J connectivity index is 2.06. The number of hydrogen-bond acceptors (Lipinski definition) is 5. The number of nitrogens with one attached hydrogen (secondary N) is 2. The van der Waals surface area contributed by atoms with Crippen molar-refractivity contribution in [3.05, 3.63) is 35.4 Å². The minimum atomic E-state index is -1.08. The average Bonchev–Trinajstić information content (AvgIpc) is 2.72. The van der Waals surface area contributed by atoms with Gasteiger partial charge in [-0.2, -0.15) is 0 Å². The summed E-state index contributed by atoms with van der Waals surface area (Å²) in [6.45, 7) is 8.20. The Bertz CT molecular complexity index is 839. The number of carbonyl (C=O) groups is 4. The molecule has 0 radical (unpaired) electrons. The normalized spacial score (nSPS) is 16.7. The van der Waals surface area contributed by atoms with Gasteiger partial charge in [-0.15, -0.1) is 0 Å². The molecule has 9 nitrogen and oxygen atoms in total. The van der Waals surface area contributed by atoms with E-state index in [4.69, 9.17) is 10.9 Å². The van der Waals surface area contributed by atoms with E-state index in [9.17, 15) is 19.2 Å². The zero-order chi connectivity index (χ0) is 24.1. The number of carbonyl (C=O) groups excluding carboxylic acids is 4. The van der Waals surface area contributed by atoms with Crippen LogP contribution in [0.2, 0.25) is 0 Å². The van der Waals surface area contributed by atoms with Gasteiger partial charge in [0.15, 0.2) is 0 Å². The van der Waals surface area contributed by atoms with Gasteiger partial charge in [-0.1, -0.05) is 38.5 Å². The molecule has 1 saturated heterocycles. The Kier molecular flexibility index (Phi) is 8.38. The van der Waals surface area contributed by atoms with E-state index in [2.05, 4.69) is 5.32 Å². The summed E-state index contributed by atoms with van der Waals surface area (Å²) in [7, 11) is 0. The van der Waals surface area contributed by atoms with E-state index in [1.54, 1.807) is 22.5 Å². The zero-order valence-corrected chi connectivity index (χ0v) is 19.2. The van der Waals surface area contributed by atoms with Gasteiger partial charge in [0.1, 0.15) is 0 Å². The van der Waals surface area contributed by atoms with Crippen molar-refractivity contribution in [2.45, 2.75) is 53.0 Å². The molecule has 9 heteroatoms. The number of likely N-dealkylation sites (tertiary alicyclic amines) is 1. The van der Waals surface area contributed by atoms with Crippen LogP contribution < -0.4 is 16.5 Å². The summed E-state index contributed by atoms with van der Waals surface area (Å²) in [6.07, 6.45) is 0.808. The molecule has 5 N–H and O–H groups in total. The van der Waals surface area contributed by atoms with Gasteiger partial charge in [0, 0.05) is 31.1 Å². The van der Waals surface area contributed by atoms with Crippen LogP contribution in [0.4, 0.5) is 0 Å². The Morgan fingerprint density at radius 2 is 1.69 bits per heavy atom. The van der Waals surface area contributed by atoms with Gasteiger partial charge in [0.25, 0.3) is 5.91 Å². The molecule has 1 aromatic rings. The standard InChI is InChI=1S/C23H34N4O5/c1-14-5-7-15(8-6-14)20(29)25-16-9-11-27(12-10-16)22(31)19(23(2,3)4)17(13-18(24)28)21(30)26-32/h5-8,16-17,19,32H,9-13H2,1-4H3,(H2,24,28)(H,25,29)(H,26,30)/t17?,19-/m1/s1. The SMILES string of the molecule is Cc1ccc(C(=O)NC2CCN(C(=O)[C@@H](C(CC(N)=O)C(=O)NO)C(C)(C)C)CC2)cc1. The number of amides is 4. The summed E-state index contributed by atoms with van der Waals surface area (Å²) >= 11 is 0. The van der Waals surface area contributed by atoms with Crippen LogP contribution in [0.1, 0.15) is 56.0 Å². The fraction of sp³-hybridized carbons (Fsp3) is 0.565. The summed E-state index contributed by atoms with van der Waals surface area (Å²) in [4.78, 5) is 51.3. The van der Waals surface area contributed by atoms with Crippen molar-refractivity contribution < 1.29 is 24.4 Å². The van der Waals surface area contributed by atoms with Gasteiger partial charge in [0.2, 0.25) is 17.7 Å². The molecule has 1 fully saturated rings. The van der Waals surface area contributed by atoms with Gasteiger partial charge in [-0.3, -0.25) is 24.4 Å².